The molecule has 1 aliphatic rings. The van der Waals surface area contributed by atoms with Crippen LogP contribution in [0.1, 0.15) is 29.7 Å². The lowest BCUT2D eigenvalue weighted by molar-refractivity contribution is 0.191. The fourth-order valence-electron chi connectivity index (χ4n) is 2.35. The molecule has 2 atom stereocenters. The fourth-order valence-corrected chi connectivity index (χ4v) is 2.35. The van der Waals surface area contributed by atoms with Crippen LogP contribution in [0.2, 0.25) is 0 Å². The summed E-state index contributed by atoms with van der Waals surface area (Å²) in [6.07, 6.45) is 0.866. The van der Waals surface area contributed by atoms with Crippen molar-refractivity contribution in [2.45, 2.75) is 25.0 Å². The average molecular weight is 275 g/mol. The van der Waals surface area contributed by atoms with Crippen LogP contribution in [0, 0.1) is 0 Å². The van der Waals surface area contributed by atoms with E-state index < -0.39 is 0 Å². The van der Waals surface area contributed by atoms with Gasteiger partial charge in [-0.05, 0) is 24.1 Å². The highest BCUT2D eigenvalue weighted by molar-refractivity contribution is 5.30. The number of methoxy groups -OCH3 is 1. The van der Waals surface area contributed by atoms with Gasteiger partial charge in [0.05, 0.1) is 19.3 Å². The highest BCUT2D eigenvalue weighted by Crippen LogP contribution is 2.22. The lowest BCUT2D eigenvalue weighted by Crippen LogP contribution is -2.15. The Morgan fingerprint density at radius 3 is 3.15 bits per heavy atom. The number of aliphatic hydroxyl groups is 1. The number of β-amino-alcohol motifs (C(OH)–C–C–N with tert-alkyl or cyclic N) is 1. The summed E-state index contributed by atoms with van der Waals surface area (Å²) in [7, 11) is 1.64. The van der Waals surface area contributed by atoms with E-state index in [0.29, 0.717) is 31.1 Å². The Bertz CT molecular complexity index is 585. The van der Waals surface area contributed by atoms with Crippen molar-refractivity contribution in [3.8, 4) is 5.75 Å². The maximum Gasteiger partial charge on any atom is 0.243 e. The van der Waals surface area contributed by atoms with Gasteiger partial charge in [-0.1, -0.05) is 17.3 Å². The molecule has 20 heavy (non-hydrogen) atoms. The molecule has 0 radical (unpaired) electrons. The van der Waals surface area contributed by atoms with Gasteiger partial charge in [-0.2, -0.15) is 4.98 Å². The first kappa shape index (κ1) is 13.1. The van der Waals surface area contributed by atoms with E-state index in [1.807, 2.05) is 24.3 Å². The van der Waals surface area contributed by atoms with Crippen LogP contribution in [0.4, 0.5) is 0 Å². The minimum Gasteiger partial charge on any atom is -0.497 e. The van der Waals surface area contributed by atoms with Gasteiger partial charge in [0.25, 0.3) is 0 Å². The zero-order valence-electron chi connectivity index (χ0n) is 11.2. The summed E-state index contributed by atoms with van der Waals surface area (Å²) in [4.78, 5) is 4.39. The number of aromatic nitrogens is 2. The number of rotatable bonds is 4. The quantitative estimate of drug-likeness (QED) is 0.868. The largest absolute Gasteiger partial charge is 0.497 e. The molecule has 1 aromatic heterocycles. The Labute approximate surface area is 116 Å². The van der Waals surface area contributed by atoms with Gasteiger partial charge < -0.3 is 19.7 Å². The predicted molar refractivity (Wildman–Crippen MR) is 71.5 cm³/mol. The summed E-state index contributed by atoms with van der Waals surface area (Å²) < 4.78 is 10.4. The number of nitrogens with zero attached hydrogens (tertiary/aromatic N) is 2. The number of ether oxygens (including phenoxy) is 1. The van der Waals surface area contributed by atoms with E-state index in [0.717, 1.165) is 11.3 Å². The van der Waals surface area contributed by atoms with Crippen molar-refractivity contribution >= 4 is 0 Å². The molecule has 1 saturated heterocycles. The Morgan fingerprint density at radius 1 is 1.50 bits per heavy atom. The van der Waals surface area contributed by atoms with Crippen molar-refractivity contribution in [2.24, 2.45) is 0 Å². The van der Waals surface area contributed by atoms with Crippen LogP contribution in [-0.4, -0.2) is 35.0 Å². The van der Waals surface area contributed by atoms with Gasteiger partial charge in [-0.15, -0.1) is 0 Å². The third-order valence-electron chi connectivity index (χ3n) is 3.39. The molecule has 2 N–H and O–H groups in total. The zero-order chi connectivity index (χ0) is 13.9. The lowest BCUT2D eigenvalue weighted by atomic mass is 10.1. The molecule has 1 fully saturated rings. The normalized spacial score (nSPS) is 22.1. The Morgan fingerprint density at radius 2 is 2.40 bits per heavy atom. The lowest BCUT2D eigenvalue weighted by Gasteiger charge is -2.02. The third kappa shape index (κ3) is 2.81. The topological polar surface area (TPSA) is 80.4 Å². The van der Waals surface area contributed by atoms with Gasteiger partial charge in [-0.25, -0.2) is 0 Å². The molecular formula is C14H17N3O3. The summed E-state index contributed by atoms with van der Waals surface area (Å²) in [5, 5.41) is 16.6. The molecular weight excluding hydrogens is 258 g/mol. The number of aliphatic hydroxyl groups excluding tert-OH is 1. The molecule has 3 rings (SSSR count). The minimum atomic E-state index is -0.339. The standard InChI is InChI=1S/C14H17N3O3/c1-19-11-4-2-3-9(5-11)6-13-16-14(20-17-13)12-7-10(18)8-15-12/h2-5,10,12,15,18H,6-8H2,1H3/t10-,12+/m1/s1. The van der Waals surface area contributed by atoms with Crippen LogP contribution in [-0.2, 0) is 6.42 Å². The van der Waals surface area contributed by atoms with Crippen LogP contribution < -0.4 is 10.1 Å². The van der Waals surface area contributed by atoms with Crippen LogP contribution in [0.25, 0.3) is 0 Å². The van der Waals surface area contributed by atoms with Gasteiger partial charge in [0, 0.05) is 13.0 Å². The fraction of sp³-hybridized carbons (Fsp3) is 0.429. The van der Waals surface area contributed by atoms with E-state index >= 15 is 0 Å². The molecule has 1 aliphatic heterocycles. The van der Waals surface area contributed by atoms with E-state index in [-0.39, 0.29) is 12.1 Å². The second-order valence-electron chi connectivity index (χ2n) is 4.93. The van der Waals surface area contributed by atoms with E-state index in [1.165, 1.54) is 0 Å². The van der Waals surface area contributed by atoms with E-state index in [2.05, 4.69) is 15.5 Å². The van der Waals surface area contributed by atoms with Gasteiger partial charge in [0.1, 0.15) is 5.75 Å². The summed E-state index contributed by atoms with van der Waals surface area (Å²) >= 11 is 0. The second kappa shape index (κ2) is 5.60. The Balaban J connectivity index is 1.70. The van der Waals surface area contributed by atoms with Gasteiger partial charge >= 0.3 is 0 Å². The first-order valence-corrected chi connectivity index (χ1v) is 6.61. The molecule has 1 aromatic carbocycles. The second-order valence-corrected chi connectivity index (χ2v) is 4.93. The number of benzene rings is 1. The van der Waals surface area contributed by atoms with Gasteiger partial charge in [0.15, 0.2) is 5.82 Å². The van der Waals surface area contributed by atoms with Gasteiger partial charge in [0.2, 0.25) is 5.89 Å². The van der Waals surface area contributed by atoms with Gasteiger partial charge in [-0.3, -0.25) is 0 Å². The first-order chi connectivity index (χ1) is 9.74. The Kier molecular flexibility index (Phi) is 3.66. The van der Waals surface area contributed by atoms with Crippen LogP contribution in [0.5, 0.6) is 5.75 Å². The number of nitrogens with one attached hydrogen (secondary N) is 1. The van der Waals surface area contributed by atoms with E-state index in [1.54, 1.807) is 7.11 Å². The van der Waals surface area contributed by atoms with Crippen molar-refractivity contribution in [1.29, 1.82) is 0 Å². The van der Waals surface area contributed by atoms with Crippen LogP contribution in [0.15, 0.2) is 28.8 Å². The molecule has 6 nitrogen and oxygen atoms in total. The molecule has 0 spiro atoms. The molecule has 106 valence electrons. The zero-order valence-corrected chi connectivity index (χ0v) is 11.2. The summed E-state index contributed by atoms with van der Waals surface area (Å²) in [5.41, 5.74) is 1.07. The van der Waals surface area contributed by atoms with Crippen molar-refractivity contribution in [3.63, 3.8) is 0 Å². The molecule has 2 aromatic rings. The van der Waals surface area contributed by atoms with Crippen LogP contribution in [0.3, 0.4) is 0 Å². The number of hydrogen-bond acceptors (Lipinski definition) is 6. The summed E-state index contributed by atoms with van der Waals surface area (Å²) in [6, 6.07) is 7.74. The van der Waals surface area contributed by atoms with E-state index in [9.17, 15) is 5.11 Å². The van der Waals surface area contributed by atoms with Crippen molar-refractivity contribution in [1.82, 2.24) is 15.5 Å². The number of hydrogen-bond donors (Lipinski definition) is 2. The van der Waals surface area contributed by atoms with Crippen molar-refractivity contribution < 1.29 is 14.4 Å². The first-order valence-electron chi connectivity index (χ1n) is 6.61. The maximum atomic E-state index is 9.49. The van der Waals surface area contributed by atoms with Crippen molar-refractivity contribution in [2.75, 3.05) is 13.7 Å². The molecule has 0 aliphatic carbocycles. The molecule has 6 heteroatoms. The highest BCUT2D eigenvalue weighted by atomic mass is 16.5. The minimum absolute atomic E-state index is 0.0449. The SMILES string of the molecule is COc1cccc(Cc2noc([C@@H]3C[C@@H](O)CN3)n2)c1. The Hall–Kier alpha value is -1.92. The predicted octanol–water partition coefficient (Wildman–Crippen LogP) is 1.06. The third-order valence-corrected chi connectivity index (χ3v) is 3.39. The molecule has 0 bridgehead atoms. The van der Waals surface area contributed by atoms with Crippen molar-refractivity contribution in [3.05, 3.63) is 41.5 Å². The monoisotopic (exact) mass is 275 g/mol. The molecule has 0 unspecified atom stereocenters. The summed E-state index contributed by atoms with van der Waals surface area (Å²) in [6.45, 7) is 0.568. The summed E-state index contributed by atoms with van der Waals surface area (Å²) in [5.74, 6) is 1.99. The molecule has 0 amide bonds. The average Bonchev–Trinajstić information content (AvgIpc) is 3.08. The highest BCUT2D eigenvalue weighted by Gasteiger charge is 2.28. The van der Waals surface area contributed by atoms with E-state index in [4.69, 9.17) is 9.26 Å². The molecule has 0 saturated carbocycles. The smallest absolute Gasteiger partial charge is 0.243 e. The maximum absolute atomic E-state index is 9.49. The van der Waals surface area contributed by atoms with Crippen LogP contribution >= 0.6 is 0 Å². The molecule has 2 heterocycles.